The number of aliphatic hydroxyl groups is 2. The maximum atomic E-state index is 9.74. The molecule has 0 aliphatic heterocycles. The van der Waals surface area contributed by atoms with Crippen LogP contribution in [0.15, 0.2) is 24.3 Å². The molecule has 0 aliphatic rings. The summed E-state index contributed by atoms with van der Waals surface area (Å²) in [7, 11) is 0. The van der Waals surface area contributed by atoms with Crippen LogP contribution in [0.2, 0.25) is 0 Å². The molecule has 0 amide bonds. The molecule has 0 fully saturated rings. The Kier molecular flexibility index (Phi) is 4.29. The molecule has 1 aromatic carbocycles. The van der Waals surface area contributed by atoms with Gasteiger partial charge in [-0.3, -0.25) is 0 Å². The molecular weight excluding hydrogens is 190 g/mol. The minimum atomic E-state index is -1.01. The summed E-state index contributed by atoms with van der Waals surface area (Å²) < 4.78 is 0. The lowest BCUT2D eigenvalue weighted by atomic mass is 10.00. The van der Waals surface area contributed by atoms with Crippen molar-refractivity contribution in [2.45, 2.75) is 32.0 Å². The molecule has 80 valence electrons. The van der Waals surface area contributed by atoms with E-state index in [1.54, 1.807) is 6.07 Å². The van der Waals surface area contributed by atoms with Gasteiger partial charge in [0.1, 0.15) is 6.10 Å². The fraction of sp³-hybridized carbons (Fsp3) is 0.417. The summed E-state index contributed by atoms with van der Waals surface area (Å²) in [5.41, 5.74) is 1.77. The Balaban J connectivity index is 2.81. The third-order valence-corrected chi connectivity index (χ3v) is 2.37. The van der Waals surface area contributed by atoms with Crippen LogP contribution in [0.3, 0.4) is 0 Å². The lowest BCUT2D eigenvalue weighted by Crippen LogP contribution is -2.17. The molecule has 1 aromatic rings. The Hall–Kier alpha value is -1.37. The smallest absolute Gasteiger partial charge is 0.106 e. The van der Waals surface area contributed by atoms with Crippen molar-refractivity contribution in [3.05, 3.63) is 35.4 Å². The van der Waals surface area contributed by atoms with Crippen molar-refractivity contribution in [2.24, 2.45) is 0 Å². The fourth-order valence-electron chi connectivity index (χ4n) is 1.42. The van der Waals surface area contributed by atoms with Crippen molar-refractivity contribution in [1.29, 1.82) is 5.26 Å². The molecule has 2 N–H and O–H groups in total. The number of benzene rings is 1. The fourth-order valence-corrected chi connectivity index (χ4v) is 1.42. The highest BCUT2D eigenvalue weighted by Gasteiger charge is 2.17. The van der Waals surface area contributed by atoms with Crippen molar-refractivity contribution in [3.63, 3.8) is 0 Å². The van der Waals surface area contributed by atoms with E-state index >= 15 is 0 Å². The maximum absolute atomic E-state index is 9.74. The summed E-state index contributed by atoms with van der Waals surface area (Å²) in [6.45, 7) is 2.03. The minimum Gasteiger partial charge on any atom is -0.389 e. The summed E-state index contributed by atoms with van der Waals surface area (Å²) >= 11 is 0. The van der Waals surface area contributed by atoms with Gasteiger partial charge >= 0.3 is 0 Å². The van der Waals surface area contributed by atoms with E-state index in [0.717, 1.165) is 12.0 Å². The Morgan fingerprint density at radius 1 is 1.40 bits per heavy atom. The molecule has 3 nitrogen and oxygen atoms in total. The van der Waals surface area contributed by atoms with Gasteiger partial charge in [0.2, 0.25) is 0 Å². The number of aryl methyl sites for hydroxylation is 1. The number of nitriles is 1. The van der Waals surface area contributed by atoms with Crippen molar-refractivity contribution in [3.8, 4) is 6.07 Å². The number of hydrogen-bond donors (Lipinski definition) is 2. The van der Waals surface area contributed by atoms with Gasteiger partial charge in [-0.05, 0) is 17.5 Å². The molecular formula is C12H15NO2. The maximum Gasteiger partial charge on any atom is 0.106 e. The Bertz CT molecular complexity index is 357. The zero-order valence-corrected chi connectivity index (χ0v) is 8.72. The highest BCUT2D eigenvalue weighted by Crippen LogP contribution is 2.19. The summed E-state index contributed by atoms with van der Waals surface area (Å²) in [6.07, 6.45) is -1.16. The minimum absolute atomic E-state index is 0.0580. The predicted molar refractivity (Wildman–Crippen MR) is 57.0 cm³/mol. The molecule has 0 bridgehead atoms. The standard InChI is InChI=1S/C12H15NO2/c1-2-9-4-3-5-10(8-9)12(15)11(14)6-7-13/h3-5,8,11-12,14-15H,2,6H2,1H3. The van der Waals surface area contributed by atoms with Crippen molar-refractivity contribution < 1.29 is 10.2 Å². The summed E-state index contributed by atoms with van der Waals surface area (Å²) in [5, 5.41) is 27.6. The average molecular weight is 205 g/mol. The Morgan fingerprint density at radius 3 is 2.73 bits per heavy atom. The number of rotatable bonds is 4. The normalized spacial score (nSPS) is 14.3. The van der Waals surface area contributed by atoms with E-state index in [1.807, 2.05) is 31.2 Å². The van der Waals surface area contributed by atoms with E-state index in [9.17, 15) is 10.2 Å². The number of nitrogens with zero attached hydrogens (tertiary/aromatic N) is 1. The molecule has 0 radical (unpaired) electrons. The molecule has 1 rings (SSSR count). The van der Waals surface area contributed by atoms with Crippen LogP contribution >= 0.6 is 0 Å². The van der Waals surface area contributed by atoms with Crippen LogP contribution in [0.5, 0.6) is 0 Å². The molecule has 2 atom stereocenters. The third-order valence-electron chi connectivity index (χ3n) is 2.37. The van der Waals surface area contributed by atoms with Crippen molar-refractivity contribution >= 4 is 0 Å². The van der Waals surface area contributed by atoms with Gasteiger partial charge in [-0.2, -0.15) is 5.26 Å². The van der Waals surface area contributed by atoms with E-state index in [2.05, 4.69) is 0 Å². The zero-order chi connectivity index (χ0) is 11.3. The first kappa shape index (κ1) is 11.7. The van der Waals surface area contributed by atoms with Crippen LogP contribution in [0.25, 0.3) is 0 Å². The number of aliphatic hydroxyl groups excluding tert-OH is 2. The van der Waals surface area contributed by atoms with E-state index in [1.165, 1.54) is 0 Å². The van der Waals surface area contributed by atoms with Gasteiger partial charge in [0.05, 0.1) is 18.6 Å². The van der Waals surface area contributed by atoms with Gasteiger partial charge in [0, 0.05) is 0 Å². The topological polar surface area (TPSA) is 64.2 Å². The first-order valence-electron chi connectivity index (χ1n) is 5.01. The van der Waals surface area contributed by atoms with E-state index in [0.29, 0.717) is 5.56 Å². The lowest BCUT2D eigenvalue weighted by Gasteiger charge is -2.16. The van der Waals surface area contributed by atoms with Crippen LogP contribution in [-0.2, 0) is 6.42 Å². The Morgan fingerprint density at radius 2 is 2.13 bits per heavy atom. The second kappa shape index (κ2) is 5.50. The summed E-state index contributed by atoms with van der Waals surface area (Å²) in [6, 6.07) is 9.25. The average Bonchev–Trinajstić information content (AvgIpc) is 2.28. The van der Waals surface area contributed by atoms with E-state index in [4.69, 9.17) is 5.26 Å². The van der Waals surface area contributed by atoms with Crippen LogP contribution in [0, 0.1) is 11.3 Å². The molecule has 0 spiro atoms. The van der Waals surface area contributed by atoms with Gasteiger partial charge in [0.15, 0.2) is 0 Å². The monoisotopic (exact) mass is 205 g/mol. The first-order valence-corrected chi connectivity index (χ1v) is 5.01. The second-order valence-electron chi connectivity index (χ2n) is 3.47. The summed E-state index contributed by atoms with van der Waals surface area (Å²) in [4.78, 5) is 0. The molecule has 15 heavy (non-hydrogen) atoms. The van der Waals surface area contributed by atoms with Gasteiger partial charge in [-0.25, -0.2) is 0 Å². The highest BCUT2D eigenvalue weighted by atomic mass is 16.3. The van der Waals surface area contributed by atoms with Crippen molar-refractivity contribution in [2.75, 3.05) is 0 Å². The van der Waals surface area contributed by atoms with Gasteiger partial charge in [-0.15, -0.1) is 0 Å². The van der Waals surface area contributed by atoms with E-state index in [-0.39, 0.29) is 6.42 Å². The SMILES string of the molecule is CCc1cccc(C(O)C(O)CC#N)c1. The number of hydrogen-bond acceptors (Lipinski definition) is 3. The van der Waals surface area contributed by atoms with Crippen LogP contribution in [0.1, 0.15) is 30.6 Å². The molecule has 0 saturated heterocycles. The van der Waals surface area contributed by atoms with Crippen LogP contribution in [-0.4, -0.2) is 16.3 Å². The van der Waals surface area contributed by atoms with E-state index < -0.39 is 12.2 Å². The van der Waals surface area contributed by atoms with Gasteiger partial charge in [0.25, 0.3) is 0 Å². The molecule has 0 heterocycles. The Labute approximate surface area is 89.6 Å². The molecule has 2 unspecified atom stereocenters. The third kappa shape index (κ3) is 3.05. The van der Waals surface area contributed by atoms with Crippen LogP contribution in [0.4, 0.5) is 0 Å². The summed E-state index contributed by atoms with van der Waals surface area (Å²) in [5.74, 6) is 0. The zero-order valence-electron chi connectivity index (χ0n) is 8.72. The molecule has 0 aromatic heterocycles. The predicted octanol–water partition coefficient (Wildman–Crippen LogP) is 1.56. The van der Waals surface area contributed by atoms with Crippen molar-refractivity contribution in [1.82, 2.24) is 0 Å². The molecule has 0 saturated carbocycles. The highest BCUT2D eigenvalue weighted by molar-refractivity contribution is 5.25. The lowest BCUT2D eigenvalue weighted by molar-refractivity contribution is 0.0216. The molecule has 3 heteroatoms. The van der Waals surface area contributed by atoms with Gasteiger partial charge in [-0.1, -0.05) is 31.2 Å². The van der Waals surface area contributed by atoms with Gasteiger partial charge < -0.3 is 10.2 Å². The second-order valence-corrected chi connectivity index (χ2v) is 3.47. The first-order chi connectivity index (χ1) is 7.19. The molecule has 0 aliphatic carbocycles. The quantitative estimate of drug-likeness (QED) is 0.784. The largest absolute Gasteiger partial charge is 0.389 e. The van der Waals surface area contributed by atoms with Crippen LogP contribution < -0.4 is 0 Å².